The summed E-state index contributed by atoms with van der Waals surface area (Å²) in [7, 11) is -2.73. The monoisotopic (exact) mass is 485 g/mol. The van der Waals surface area contributed by atoms with Gasteiger partial charge in [-0.2, -0.15) is 0 Å². The average Bonchev–Trinajstić information content (AvgIpc) is 2.88. The van der Waals surface area contributed by atoms with Gasteiger partial charge in [0.2, 0.25) is 0 Å². The van der Waals surface area contributed by atoms with E-state index in [0.717, 1.165) is 12.0 Å². The van der Waals surface area contributed by atoms with Crippen LogP contribution in [0.1, 0.15) is 39.2 Å². The molecule has 182 valence electrons. The summed E-state index contributed by atoms with van der Waals surface area (Å²) in [5, 5.41) is 5.44. The van der Waals surface area contributed by atoms with Gasteiger partial charge in [0.05, 0.1) is 12.1 Å². The van der Waals surface area contributed by atoms with E-state index in [9.17, 15) is 4.79 Å². The normalized spacial score (nSPS) is 18.1. The highest BCUT2D eigenvalue weighted by molar-refractivity contribution is 6.99. The van der Waals surface area contributed by atoms with Gasteiger partial charge in [-0.3, -0.25) is 0 Å². The minimum atomic E-state index is -2.73. The Bertz CT molecular complexity index is 1070. The van der Waals surface area contributed by atoms with Gasteiger partial charge in [0, 0.05) is 0 Å². The van der Waals surface area contributed by atoms with E-state index >= 15 is 0 Å². The largest absolute Gasteiger partial charge is 0.445 e. The first kappa shape index (κ1) is 25.0. The van der Waals surface area contributed by atoms with Gasteiger partial charge in [-0.15, -0.1) is 0 Å². The molecule has 0 fully saturated rings. The number of nitrogens with one attached hydrogen (secondary N) is 1. The van der Waals surface area contributed by atoms with E-state index in [2.05, 4.69) is 86.8 Å². The summed E-state index contributed by atoms with van der Waals surface area (Å²) in [5.74, 6) is 0. The Hall–Kier alpha value is -3.15. The van der Waals surface area contributed by atoms with E-state index in [4.69, 9.17) is 9.16 Å². The molecule has 5 heteroatoms. The van der Waals surface area contributed by atoms with Gasteiger partial charge in [0.1, 0.15) is 6.61 Å². The highest BCUT2D eigenvalue weighted by Gasteiger charge is 2.52. The van der Waals surface area contributed by atoms with Gasteiger partial charge in [0.25, 0.3) is 8.32 Å². The zero-order chi connectivity index (χ0) is 24.7. The number of benzene rings is 3. The number of carbonyl (C=O) groups is 1. The molecule has 3 aromatic rings. The molecule has 2 atom stereocenters. The lowest BCUT2D eigenvalue weighted by Crippen LogP contribution is -2.69. The zero-order valence-corrected chi connectivity index (χ0v) is 21.8. The van der Waals surface area contributed by atoms with Crippen LogP contribution in [0, 0.1) is 0 Å². The third-order valence-corrected chi connectivity index (χ3v) is 11.7. The number of ether oxygens (including phenoxy) is 1. The number of rotatable bonds is 7. The fourth-order valence-corrected chi connectivity index (χ4v) is 9.64. The predicted molar refractivity (Wildman–Crippen MR) is 144 cm³/mol. The maximum absolute atomic E-state index is 12.7. The molecule has 0 spiro atoms. The van der Waals surface area contributed by atoms with Crippen molar-refractivity contribution in [1.29, 1.82) is 0 Å². The molecule has 0 aliphatic heterocycles. The van der Waals surface area contributed by atoms with Crippen LogP contribution in [0.2, 0.25) is 5.04 Å². The molecule has 0 radical (unpaired) electrons. The molecule has 1 aliphatic carbocycles. The van der Waals surface area contributed by atoms with E-state index in [0.29, 0.717) is 6.42 Å². The topological polar surface area (TPSA) is 47.6 Å². The molecule has 0 saturated heterocycles. The van der Waals surface area contributed by atoms with Crippen molar-refractivity contribution < 1.29 is 14.0 Å². The minimum absolute atomic E-state index is 0.130. The van der Waals surface area contributed by atoms with Crippen molar-refractivity contribution in [3.8, 4) is 0 Å². The molecular weight excluding hydrogens is 450 g/mol. The molecule has 0 bridgehead atoms. The summed E-state index contributed by atoms with van der Waals surface area (Å²) in [6.07, 6.45) is 5.17. The van der Waals surface area contributed by atoms with E-state index in [-0.39, 0.29) is 23.8 Å². The standard InChI is InChI=1S/C30H35NO3Si/c1-30(2,3)35(25-17-9-5-10-18-25,26-19-11-6-12-20-26)34-28-22-14-13-21-27(28)31-29(32)33-23-24-15-7-4-8-16-24/h4-20,27-28H,21-23H2,1-3H3,(H,31,32)/t27-,28+/m0/s1. The lowest BCUT2D eigenvalue weighted by molar-refractivity contribution is 0.107. The fraction of sp³-hybridized carbons (Fsp3) is 0.300. The van der Waals surface area contributed by atoms with Crippen molar-refractivity contribution in [1.82, 2.24) is 5.32 Å². The lowest BCUT2D eigenvalue weighted by Gasteiger charge is -2.46. The van der Waals surface area contributed by atoms with E-state index in [1.54, 1.807) is 0 Å². The third-order valence-electron chi connectivity index (χ3n) is 6.63. The summed E-state index contributed by atoms with van der Waals surface area (Å²) in [5.41, 5.74) is 0.964. The highest BCUT2D eigenvalue weighted by atomic mass is 28.4. The van der Waals surface area contributed by atoms with Crippen LogP contribution in [0.25, 0.3) is 0 Å². The molecule has 0 aromatic heterocycles. The van der Waals surface area contributed by atoms with Gasteiger partial charge >= 0.3 is 6.09 Å². The minimum Gasteiger partial charge on any atom is -0.445 e. The summed E-state index contributed by atoms with van der Waals surface area (Å²) >= 11 is 0. The highest BCUT2D eigenvalue weighted by Crippen LogP contribution is 2.38. The zero-order valence-electron chi connectivity index (χ0n) is 20.8. The molecule has 3 aromatic carbocycles. The molecule has 0 saturated carbocycles. The molecule has 0 heterocycles. The first-order chi connectivity index (χ1) is 16.9. The number of amides is 1. The molecule has 1 N–H and O–H groups in total. The molecule has 35 heavy (non-hydrogen) atoms. The van der Waals surface area contributed by atoms with Crippen molar-refractivity contribution in [3.05, 3.63) is 109 Å². The average molecular weight is 486 g/mol. The lowest BCUT2D eigenvalue weighted by atomic mass is 9.99. The molecular formula is C30H35NO3Si. The molecule has 0 unspecified atom stereocenters. The number of alkyl carbamates (subject to hydrolysis) is 1. The van der Waals surface area contributed by atoms with Gasteiger partial charge in [-0.1, -0.05) is 124 Å². The van der Waals surface area contributed by atoms with Crippen molar-refractivity contribution >= 4 is 24.8 Å². The maximum atomic E-state index is 12.7. The Morgan fingerprint density at radius 1 is 0.829 bits per heavy atom. The quantitative estimate of drug-likeness (QED) is 0.351. The van der Waals surface area contributed by atoms with Gasteiger partial charge in [-0.25, -0.2) is 4.79 Å². The molecule has 1 aliphatic rings. The van der Waals surface area contributed by atoms with Crippen LogP contribution in [0.15, 0.2) is 103 Å². The van der Waals surface area contributed by atoms with Gasteiger partial charge in [-0.05, 0) is 33.8 Å². The van der Waals surface area contributed by atoms with Crippen molar-refractivity contribution in [2.75, 3.05) is 0 Å². The summed E-state index contributed by atoms with van der Waals surface area (Å²) in [6.45, 7) is 7.06. The molecule has 1 amide bonds. The van der Waals surface area contributed by atoms with Crippen LogP contribution in [-0.4, -0.2) is 26.6 Å². The van der Waals surface area contributed by atoms with Crippen molar-refractivity contribution in [2.24, 2.45) is 0 Å². The molecule has 4 nitrogen and oxygen atoms in total. The SMILES string of the molecule is CC(C)(C)[Si](O[C@@H]1CC=CC[C@@H]1NC(=O)OCc1ccccc1)(c1ccccc1)c1ccccc1. The van der Waals surface area contributed by atoms with E-state index < -0.39 is 14.4 Å². The van der Waals surface area contributed by atoms with Crippen LogP contribution in [0.4, 0.5) is 4.79 Å². The van der Waals surface area contributed by atoms with Crippen LogP contribution in [0.3, 0.4) is 0 Å². The summed E-state index contributed by atoms with van der Waals surface area (Å²) in [4.78, 5) is 12.7. The maximum Gasteiger partial charge on any atom is 0.407 e. The van der Waals surface area contributed by atoms with Crippen molar-refractivity contribution in [2.45, 2.75) is 57.4 Å². The smallest absolute Gasteiger partial charge is 0.407 e. The Balaban J connectivity index is 1.61. The first-order valence-electron chi connectivity index (χ1n) is 12.3. The van der Waals surface area contributed by atoms with Crippen LogP contribution in [-0.2, 0) is 15.8 Å². The Labute approximate surface area is 210 Å². The summed E-state index contributed by atoms with van der Waals surface area (Å²) in [6, 6.07) is 30.8. The first-order valence-corrected chi connectivity index (χ1v) is 14.2. The van der Waals surface area contributed by atoms with E-state index in [1.165, 1.54) is 10.4 Å². The van der Waals surface area contributed by atoms with Crippen LogP contribution < -0.4 is 15.7 Å². The Kier molecular flexibility index (Phi) is 7.89. The number of hydrogen-bond acceptors (Lipinski definition) is 3. The number of hydrogen-bond donors (Lipinski definition) is 1. The number of carbonyl (C=O) groups excluding carboxylic acids is 1. The second-order valence-corrected chi connectivity index (χ2v) is 14.3. The van der Waals surface area contributed by atoms with E-state index in [1.807, 2.05) is 42.5 Å². The third kappa shape index (κ3) is 5.74. The molecule has 4 rings (SSSR count). The van der Waals surface area contributed by atoms with Crippen LogP contribution >= 0.6 is 0 Å². The van der Waals surface area contributed by atoms with Crippen LogP contribution in [0.5, 0.6) is 0 Å². The van der Waals surface area contributed by atoms with Crippen molar-refractivity contribution in [3.63, 3.8) is 0 Å². The summed E-state index contributed by atoms with van der Waals surface area (Å²) < 4.78 is 12.8. The Morgan fingerprint density at radius 3 is 1.89 bits per heavy atom. The van der Waals surface area contributed by atoms with Gasteiger partial charge in [0.15, 0.2) is 0 Å². The van der Waals surface area contributed by atoms with Gasteiger partial charge < -0.3 is 14.5 Å². The predicted octanol–water partition coefficient (Wildman–Crippen LogP) is 5.58. The fourth-order valence-electron chi connectivity index (χ4n) is 4.91. The second-order valence-electron chi connectivity index (χ2n) is 10.1. The second kappa shape index (κ2) is 11.1. The Morgan fingerprint density at radius 2 is 1.34 bits per heavy atom.